The van der Waals surface area contributed by atoms with Crippen molar-refractivity contribution >= 4 is 93.3 Å². The number of furan rings is 1. The first-order chi connectivity index (χ1) is 28.3. The Balaban J connectivity index is 1.19. The first-order valence-corrected chi connectivity index (χ1v) is 19.2. The largest absolute Gasteiger partial charge is 0.455 e. The Morgan fingerprint density at radius 2 is 1.09 bits per heavy atom. The third-order valence-corrected chi connectivity index (χ3v) is 11.3. The van der Waals surface area contributed by atoms with E-state index in [-0.39, 0.29) is 0 Å². The highest BCUT2D eigenvalue weighted by Crippen LogP contribution is 2.45. The lowest BCUT2D eigenvalue weighted by Gasteiger charge is -2.26. The molecule has 266 valence electrons. The molecular formula is C52H32N4O. The quantitative estimate of drug-likeness (QED) is 0.177. The van der Waals surface area contributed by atoms with Gasteiger partial charge < -0.3 is 9.32 Å². The monoisotopic (exact) mass is 728 g/mol. The van der Waals surface area contributed by atoms with Crippen molar-refractivity contribution in [3.05, 3.63) is 194 Å². The first kappa shape index (κ1) is 31.6. The number of aromatic nitrogens is 3. The normalized spacial score (nSPS) is 11.9. The molecule has 0 amide bonds. The molecule has 12 rings (SSSR count). The Bertz CT molecular complexity index is 3530. The van der Waals surface area contributed by atoms with Crippen LogP contribution in [0.25, 0.3) is 93.4 Å². The van der Waals surface area contributed by atoms with Crippen molar-refractivity contribution in [3.63, 3.8) is 0 Å². The maximum absolute atomic E-state index is 6.94. The summed E-state index contributed by atoms with van der Waals surface area (Å²) in [4.78, 5) is 13.0. The molecule has 57 heavy (non-hydrogen) atoms. The van der Waals surface area contributed by atoms with E-state index in [0.29, 0.717) is 5.95 Å². The van der Waals surface area contributed by atoms with Gasteiger partial charge in [-0.05, 0) is 88.3 Å². The molecule has 5 nitrogen and oxygen atoms in total. The standard InChI is InChI=1S/C52H32N4O/c1-3-15-35(16-4-1)50-41-21-11-12-22-44(41)53-52(54-50)56-45-28-26-39(55(37-18-5-2-6-19-37)38-25-23-33-13-7-8-17-36(33)31-38)32-43(45)49-46(56)29-27-42-48-40-20-10-9-14-34(40)24-30-47(48)57-51(42)49/h1-32H. The average Bonchev–Trinajstić information content (AvgIpc) is 3.83. The Morgan fingerprint density at radius 1 is 0.421 bits per heavy atom. The van der Waals surface area contributed by atoms with E-state index in [1.54, 1.807) is 0 Å². The second-order valence-corrected chi connectivity index (χ2v) is 14.6. The SMILES string of the molecule is c1ccc(-c2nc(-n3c4ccc(N(c5ccccc5)c5ccc6ccccc6c5)cc4c4c5oc6ccc7ccccc7c6c5ccc43)nc3ccccc23)cc1. The highest BCUT2D eigenvalue weighted by molar-refractivity contribution is 6.28. The van der Waals surface area contributed by atoms with Gasteiger partial charge in [-0.3, -0.25) is 4.57 Å². The maximum Gasteiger partial charge on any atom is 0.235 e. The number of nitrogens with zero attached hydrogens (tertiary/aromatic N) is 4. The molecule has 5 heteroatoms. The summed E-state index contributed by atoms with van der Waals surface area (Å²) in [5.74, 6) is 0.607. The number of para-hydroxylation sites is 2. The number of rotatable bonds is 5. The zero-order chi connectivity index (χ0) is 37.5. The predicted octanol–water partition coefficient (Wildman–Crippen LogP) is 14.1. The van der Waals surface area contributed by atoms with Gasteiger partial charge in [0.25, 0.3) is 0 Å². The molecule has 0 atom stereocenters. The van der Waals surface area contributed by atoms with E-state index in [2.05, 4.69) is 191 Å². The molecule has 0 spiro atoms. The lowest BCUT2D eigenvalue weighted by atomic mass is 10.0. The second-order valence-electron chi connectivity index (χ2n) is 14.6. The zero-order valence-electron chi connectivity index (χ0n) is 30.7. The van der Waals surface area contributed by atoms with Crippen molar-refractivity contribution < 1.29 is 4.42 Å². The molecule has 3 aromatic heterocycles. The van der Waals surface area contributed by atoms with Gasteiger partial charge in [0.05, 0.1) is 27.6 Å². The molecule has 3 heterocycles. The Labute approximate surface area is 327 Å². The summed E-state index contributed by atoms with van der Waals surface area (Å²) in [5.41, 5.74) is 9.68. The highest BCUT2D eigenvalue weighted by atomic mass is 16.3. The number of hydrogen-bond acceptors (Lipinski definition) is 4. The minimum atomic E-state index is 0.607. The molecule has 0 aliphatic heterocycles. The topological polar surface area (TPSA) is 47.1 Å². The van der Waals surface area contributed by atoms with Gasteiger partial charge in [-0.1, -0.05) is 127 Å². The van der Waals surface area contributed by atoms with E-state index in [1.807, 2.05) is 12.1 Å². The zero-order valence-corrected chi connectivity index (χ0v) is 30.7. The fourth-order valence-corrected chi connectivity index (χ4v) is 8.77. The number of anilines is 3. The van der Waals surface area contributed by atoms with E-state index in [0.717, 1.165) is 83.0 Å². The molecule has 0 N–H and O–H groups in total. The van der Waals surface area contributed by atoms with E-state index in [9.17, 15) is 0 Å². The van der Waals surface area contributed by atoms with Crippen LogP contribution in [-0.4, -0.2) is 14.5 Å². The summed E-state index contributed by atoms with van der Waals surface area (Å²) in [7, 11) is 0. The summed E-state index contributed by atoms with van der Waals surface area (Å²) in [6, 6.07) is 68.4. The van der Waals surface area contributed by atoms with E-state index in [1.165, 1.54) is 21.5 Å². The molecule has 0 bridgehead atoms. The lowest BCUT2D eigenvalue weighted by molar-refractivity contribution is 0.673. The van der Waals surface area contributed by atoms with Crippen LogP contribution >= 0.6 is 0 Å². The Kier molecular flexibility index (Phi) is 6.86. The maximum atomic E-state index is 6.94. The van der Waals surface area contributed by atoms with E-state index in [4.69, 9.17) is 14.4 Å². The molecular weight excluding hydrogens is 697 g/mol. The van der Waals surface area contributed by atoms with E-state index >= 15 is 0 Å². The van der Waals surface area contributed by atoms with Crippen LogP contribution in [0.5, 0.6) is 0 Å². The van der Waals surface area contributed by atoms with Gasteiger partial charge in [0.2, 0.25) is 5.95 Å². The van der Waals surface area contributed by atoms with Gasteiger partial charge in [0.1, 0.15) is 11.2 Å². The summed E-state index contributed by atoms with van der Waals surface area (Å²) in [6.45, 7) is 0. The van der Waals surface area contributed by atoms with Crippen molar-refractivity contribution in [2.24, 2.45) is 0 Å². The Morgan fingerprint density at radius 3 is 1.95 bits per heavy atom. The number of fused-ring (bicyclic) bond motifs is 11. The summed E-state index contributed by atoms with van der Waals surface area (Å²) >= 11 is 0. The average molecular weight is 729 g/mol. The van der Waals surface area contributed by atoms with Crippen molar-refractivity contribution in [2.45, 2.75) is 0 Å². The minimum absolute atomic E-state index is 0.607. The van der Waals surface area contributed by atoms with Crippen molar-refractivity contribution in [1.82, 2.24) is 14.5 Å². The number of hydrogen-bond donors (Lipinski definition) is 0. The fraction of sp³-hybridized carbons (Fsp3) is 0. The van der Waals surface area contributed by atoms with E-state index < -0.39 is 0 Å². The van der Waals surface area contributed by atoms with Crippen LogP contribution in [0.1, 0.15) is 0 Å². The molecule has 0 saturated carbocycles. The highest BCUT2D eigenvalue weighted by Gasteiger charge is 2.24. The molecule has 0 unspecified atom stereocenters. The van der Waals surface area contributed by atoms with Gasteiger partial charge in [-0.25, -0.2) is 9.97 Å². The fourth-order valence-electron chi connectivity index (χ4n) is 8.77. The first-order valence-electron chi connectivity index (χ1n) is 19.2. The van der Waals surface area contributed by atoms with Crippen LogP contribution < -0.4 is 4.90 Å². The van der Waals surface area contributed by atoms with Crippen LogP contribution in [-0.2, 0) is 0 Å². The third-order valence-electron chi connectivity index (χ3n) is 11.3. The van der Waals surface area contributed by atoms with Crippen LogP contribution in [0.3, 0.4) is 0 Å². The molecule has 0 aliphatic rings. The minimum Gasteiger partial charge on any atom is -0.455 e. The second kappa shape index (κ2) is 12.4. The molecule has 0 saturated heterocycles. The molecule has 12 aromatic rings. The smallest absolute Gasteiger partial charge is 0.235 e. The van der Waals surface area contributed by atoms with Gasteiger partial charge >= 0.3 is 0 Å². The molecule has 9 aromatic carbocycles. The van der Waals surface area contributed by atoms with Crippen LogP contribution in [0.15, 0.2) is 199 Å². The van der Waals surface area contributed by atoms with Gasteiger partial charge in [0.15, 0.2) is 0 Å². The summed E-state index contributed by atoms with van der Waals surface area (Å²) in [5, 5.41) is 10.0. The molecule has 0 aliphatic carbocycles. The summed E-state index contributed by atoms with van der Waals surface area (Å²) in [6.07, 6.45) is 0. The van der Waals surface area contributed by atoms with Crippen LogP contribution in [0.2, 0.25) is 0 Å². The summed E-state index contributed by atoms with van der Waals surface area (Å²) < 4.78 is 9.15. The van der Waals surface area contributed by atoms with Gasteiger partial charge in [-0.2, -0.15) is 0 Å². The van der Waals surface area contributed by atoms with Gasteiger partial charge in [0, 0.05) is 44.2 Å². The Hall–Kier alpha value is -7.76. The molecule has 0 fully saturated rings. The van der Waals surface area contributed by atoms with Crippen molar-refractivity contribution in [3.8, 4) is 17.2 Å². The van der Waals surface area contributed by atoms with Crippen molar-refractivity contribution in [2.75, 3.05) is 4.90 Å². The third kappa shape index (κ3) is 4.89. The number of benzene rings is 9. The predicted molar refractivity (Wildman–Crippen MR) is 236 cm³/mol. The molecule has 0 radical (unpaired) electrons. The van der Waals surface area contributed by atoms with Gasteiger partial charge in [-0.15, -0.1) is 0 Å². The lowest BCUT2D eigenvalue weighted by Crippen LogP contribution is -2.10. The van der Waals surface area contributed by atoms with Crippen LogP contribution in [0.4, 0.5) is 17.1 Å². The van der Waals surface area contributed by atoms with Crippen LogP contribution in [0, 0.1) is 0 Å². The van der Waals surface area contributed by atoms with Crippen molar-refractivity contribution in [1.29, 1.82) is 0 Å².